The van der Waals surface area contributed by atoms with Gasteiger partial charge < -0.3 is 11.1 Å². The molecule has 0 aromatic heterocycles. The molecule has 0 unspecified atom stereocenters. The van der Waals surface area contributed by atoms with Gasteiger partial charge in [0, 0.05) is 11.4 Å². The molecule has 14 heavy (non-hydrogen) atoms. The van der Waals surface area contributed by atoms with Gasteiger partial charge in [-0.3, -0.25) is 4.79 Å². The van der Waals surface area contributed by atoms with E-state index in [0.29, 0.717) is 6.42 Å². The summed E-state index contributed by atoms with van der Waals surface area (Å²) in [5.41, 5.74) is 12.0. The van der Waals surface area contributed by atoms with Crippen LogP contribution in [0.2, 0.25) is 0 Å². The maximum Gasteiger partial charge on any atom is 0.228 e. The molecule has 1 aromatic rings. The fourth-order valence-electron chi connectivity index (χ4n) is 1.98. The minimum Gasteiger partial charge on any atom is -0.398 e. The highest BCUT2D eigenvalue weighted by Crippen LogP contribution is 2.36. The maximum absolute atomic E-state index is 11.3. The Labute approximate surface area is 83.3 Å². The third-order valence-electron chi connectivity index (χ3n) is 3.10. The van der Waals surface area contributed by atoms with Gasteiger partial charge in [0.1, 0.15) is 0 Å². The van der Waals surface area contributed by atoms with E-state index in [1.165, 1.54) is 0 Å². The first-order valence-corrected chi connectivity index (χ1v) is 4.70. The molecule has 0 aliphatic carbocycles. The predicted molar refractivity (Wildman–Crippen MR) is 57.4 cm³/mol. The Hall–Kier alpha value is -1.51. The summed E-state index contributed by atoms with van der Waals surface area (Å²) >= 11 is 0. The number of carbonyl (C=O) groups is 1. The zero-order valence-electron chi connectivity index (χ0n) is 8.69. The van der Waals surface area contributed by atoms with Crippen molar-refractivity contribution in [3.05, 3.63) is 22.3 Å². The fraction of sp³-hybridized carbons (Fsp3) is 0.364. The molecule has 0 spiro atoms. The van der Waals surface area contributed by atoms with E-state index in [2.05, 4.69) is 5.32 Å². The molecule has 1 heterocycles. The van der Waals surface area contributed by atoms with E-state index in [1.807, 2.05) is 20.8 Å². The molecule has 0 atom stereocenters. The van der Waals surface area contributed by atoms with E-state index in [9.17, 15) is 4.79 Å². The van der Waals surface area contributed by atoms with Gasteiger partial charge in [0.25, 0.3) is 0 Å². The number of hydrogen-bond acceptors (Lipinski definition) is 2. The van der Waals surface area contributed by atoms with Crippen LogP contribution in [0.5, 0.6) is 0 Å². The van der Waals surface area contributed by atoms with Crippen LogP contribution >= 0.6 is 0 Å². The van der Waals surface area contributed by atoms with Crippen LogP contribution in [-0.2, 0) is 11.2 Å². The van der Waals surface area contributed by atoms with Crippen molar-refractivity contribution in [1.29, 1.82) is 0 Å². The van der Waals surface area contributed by atoms with Crippen LogP contribution in [0.4, 0.5) is 11.4 Å². The molecule has 0 fully saturated rings. The zero-order chi connectivity index (χ0) is 10.5. The van der Waals surface area contributed by atoms with Crippen LogP contribution in [0, 0.1) is 20.8 Å². The van der Waals surface area contributed by atoms with Gasteiger partial charge >= 0.3 is 0 Å². The Bertz CT molecular complexity index is 397. The van der Waals surface area contributed by atoms with E-state index in [0.717, 1.165) is 33.6 Å². The molecule has 1 aliphatic rings. The maximum atomic E-state index is 11.3. The Balaban J connectivity index is 2.76. The van der Waals surface area contributed by atoms with Gasteiger partial charge in [-0.25, -0.2) is 0 Å². The Kier molecular flexibility index (Phi) is 1.77. The SMILES string of the molecule is Cc1c(C)c2c(c(C)c1N)CC(=O)N2. The summed E-state index contributed by atoms with van der Waals surface area (Å²) in [5, 5.41) is 2.88. The molecule has 1 amide bonds. The van der Waals surface area contributed by atoms with Gasteiger partial charge in [0.2, 0.25) is 5.91 Å². The predicted octanol–water partition coefficient (Wildman–Crippen LogP) is 1.69. The van der Waals surface area contributed by atoms with Gasteiger partial charge in [-0.05, 0) is 43.0 Å². The number of nitrogens with two attached hydrogens (primary N) is 1. The third kappa shape index (κ3) is 1.02. The summed E-state index contributed by atoms with van der Waals surface area (Å²) in [4.78, 5) is 11.3. The van der Waals surface area contributed by atoms with Crippen molar-refractivity contribution in [2.75, 3.05) is 11.1 Å². The normalized spacial score (nSPS) is 14.1. The van der Waals surface area contributed by atoms with E-state index in [-0.39, 0.29) is 5.91 Å². The largest absolute Gasteiger partial charge is 0.398 e. The van der Waals surface area contributed by atoms with Crippen molar-refractivity contribution in [3.63, 3.8) is 0 Å². The molecule has 0 saturated carbocycles. The second kappa shape index (κ2) is 2.74. The molecular weight excluding hydrogens is 176 g/mol. The van der Waals surface area contributed by atoms with E-state index in [1.54, 1.807) is 0 Å². The number of fused-ring (bicyclic) bond motifs is 1. The van der Waals surface area contributed by atoms with Crippen molar-refractivity contribution in [2.24, 2.45) is 0 Å². The first-order valence-electron chi connectivity index (χ1n) is 4.70. The number of rotatable bonds is 0. The first kappa shape index (κ1) is 9.06. The quantitative estimate of drug-likeness (QED) is 0.612. The minimum absolute atomic E-state index is 0.0659. The Morgan fingerprint density at radius 3 is 2.43 bits per heavy atom. The molecule has 1 aliphatic heterocycles. The second-order valence-corrected chi connectivity index (χ2v) is 3.87. The van der Waals surface area contributed by atoms with Gasteiger partial charge in [-0.1, -0.05) is 0 Å². The summed E-state index contributed by atoms with van der Waals surface area (Å²) in [5.74, 6) is 0.0659. The number of anilines is 2. The van der Waals surface area contributed by atoms with Gasteiger partial charge in [-0.2, -0.15) is 0 Å². The molecular formula is C11H14N2O. The number of nitrogen functional groups attached to an aromatic ring is 1. The average Bonchev–Trinajstić information content (AvgIpc) is 2.54. The number of amides is 1. The summed E-state index contributed by atoms with van der Waals surface area (Å²) in [6.45, 7) is 5.96. The number of hydrogen-bond donors (Lipinski definition) is 2. The van der Waals surface area contributed by atoms with E-state index >= 15 is 0 Å². The first-order chi connectivity index (χ1) is 6.52. The van der Waals surface area contributed by atoms with Crippen molar-refractivity contribution >= 4 is 17.3 Å². The summed E-state index contributed by atoms with van der Waals surface area (Å²) in [6.07, 6.45) is 0.465. The van der Waals surface area contributed by atoms with Crippen LogP contribution in [-0.4, -0.2) is 5.91 Å². The lowest BCUT2D eigenvalue weighted by Crippen LogP contribution is -2.04. The molecule has 2 rings (SSSR count). The molecule has 74 valence electrons. The van der Waals surface area contributed by atoms with Crippen molar-refractivity contribution in [3.8, 4) is 0 Å². The van der Waals surface area contributed by atoms with Gasteiger partial charge in [0.05, 0.1) is 6.42 Å². The topological polar surface area (TPSA) is 55.1 Å². The second-order valence-electron chi connectivity index (χ2n) is 3.87. The van der Waals surface area contributed by atoms with Crippen LogP contribution in [0.25, 0.3) is 0 Å². The summed E-state index contributed by atoms with van der Waals surface area (Å²) in [7, 11) is 0. The van der Waals surface area contributed by atoms with E-state index in [4.69, 9.17) is 5.73 Å². The highest BCUT2D eigenvalue weighted by molar-refractivity contribution is 6.01. The van der Waals surface area contributed by atoms with Crippen LogP contribution in [0.3, 0.4) is 0 Å². The molecule has 1 aromatic carbocycles. The van der Waals surface area contributed by atoms with Crippen LogP contribution in [0.1, 0.15) is 22.3 Å². The van der Waals surface area contributed by atoms with Crippen molar-refractivity contribution < 1.29 is 4.79 Å². The standard InChI is InChI=1S/C11H14N2O/c1-5-6(2)11-8(4-9(14)13-11)7(3)10(5)12/h4,12H2,1-3H3,(H,13,14). The Morgan fingerprint density at radius 2 is 1.79 bits per heavy atom. The zero-order valence-corrected chi connectivity index (χ0v) is 8.69. The number of benzene rings is 1. The number of carbonyl (C=O) groups excluding carboxylic acids is 1. The van der Waals surface area contributed by atoms with Gasteiger partial charge in [0.15, 0.2) is 0 Å². The van der Waals surface area contributed by atoms with Crippen molar-refractivity contribution in [2.45, 2.75) is 27.2 Å². The number of nitrogens with one attached hydrogen (secondary N) is 1. The van der Waals surface area contributed by atoms with Crippen LogP contribution < -0.4 is 11.1 Å². The third-order valence-corrected chi connectivity index (χ3v) is 3.10. The average molecular weight is 190 g/mol. The van der Waals surface area contributed by atoms with Crippen molar-refractivity contribution in [1.82, 2.24) is 0 Å². The molecule has 0 bridgehead atoms. The fourth-order valence-corrected chi connectivity index (χ4v) is 1.98. The molecule has 3 nitrogen and oxygen atoms in total. The molecule has 0 radical (unpaired) electrons. The van der Waals surface area contributed by atoms with Gasteiger partial charge in [-0.15, -0.1) is 0 Å². The highest BCUT2D eigenvalue weighted by Gasteiger charge is 2.24. The van der Waals surface area contributed by atoms with Crippen LogP contribution in [0.15, 0.2) is 0 Å². The lowest BCUT2D eigenvalue weighted by atomic mass is 9.96. The smallest absolute Gasteiger partial charge is 0.228 e. The monoisotopic (exact) mass is 190 g/mol. The summed E-state index contributed by atoms with van der Waals surface area (Å²) in [6, 6.07) is 0. The Morgan fingerprint density at radius 1 is 1.14 bits per heavy atom. The van der Waals surface area contributed by atoms with E-state index < -0.39 is 0 Å². The molecule has 3 heteroatoms. The minimum atomic E-state index is 0.0659. The lowest BCUT2D eigenvalue weighted by molar-refractivity contribution is -0.115. The molecule has 0 saturated heterocycles. The summed E-state index contributed by atoms with van der Waals surface area (Å²) < 4.78 is 0. The lowest BCUT2D eigenvalue weighted by Gasteiger charge is -2.13. The highest BCUT2D eigenvalue weighted by atomic mass is 16.1. The molecule has 3 N–H and O–H groups in total.